The van der Waals surface area contributed by atoms with Gasteiger partial charge in [-0.15, -0.1) is 0 Å². The number of nitrogens with one attached hydrogen (secondary N) is 1. The number of amides is 1. The fourth-order valence-electron chi connectivity index (χ4n) is 4.92. The zero-order valence-corrected chi connectivity index (χ0v) is 21.0. The van der Waals surface area contributed by atoms with Crippen LogP contribution in [0.1, 0.15) is 23.2 Å². The molecule has 1 N–H and O–H groups in total. The lowest BCUT2D eigenvalue weighted by Gasteiger charge is -2.33. The molecule has 2 saturated heterocycles. The van der Waals surface area contributed by atoms with Gasteiger partial charge in [0.2, 0.25) is 0 Å². The van der Waals surface area contributed by atoms with Crippen LogP contribution in [0.25, 0.3) is 22.0 Å². The number of nitrogens with zero attached hydrogens (tertiary/aromatic N) is 7. The predicted molar refractivity (Wildman–Crippen MR) is 146 cm³/mol. The molecule has 1 amide bonds. The molecular formula is C28H30N8O. The second-order valence-corrected chi connectivity index (χ2v) is 9.74. The molecule has 2 fully saturated rings. The summed E-state index contributed by atoms with van der Waals surface area (Å²) in [5.74, 6) is 2.05. The van der Waals surface area contributed by atoms with Gasteiger partial charge in [-0.2, -0.15) is 0 Å². The Balaban J connectivity index is 1.21. The average molecular weight is 495 g/mol. The van der Waals surface area contributed by atoms with Crippen molar-refractivity contribution in [3.63, 3.8) is 0 Å². The van der Waals surface area contributed by atoms with Crippen LogP contribution in [0.5, 0.6) is 0 Å². The van der Waals surface area contributed by atoms with Crippen LogP contribution in [0.3, 0.4) is 0 Å². The second-order valence-electron chi connectivity index (χ2n) is 9.74. The lowest BCUT2D eigenvalue weighted by atomic mass is 10.1. The normalized spacial score (nSPS) is 16.4. The first kappa shape index (κ1) is 23.3. The zero-order chi connectivity index (χ0) is 25.2. The maximum absolute atomic E-state index is 13.1. The number of rotatable bonds is 5. The minimum absolute atomic E-state index is 0.204. The quantitative estimate of drug-likeness (QED) is 0.449. The molecule has 0 spiro atoms. The highest BCUT2D eigenvalue weighted by Gasteiger charge is 2.18. The van der Waals surface area contributed by atoms with E-state index in [0.717, 1.165) is 72.9 Å². The Morgan fingerprint density at radius 1 is 0.811 bits per heavy atom. The summed E-state index contributed by atoms with van der Waals surface area (Å²) < 4.78 is 0. The number of fused-ring (bicyclic) bond motifs is 1. The monoisotopic (exact) mass is 494 g/mol. The van der Waals surface area contributed by atoms with E-state index in [1.807, 2.05) is 30.5 Å². The maximum atomic E-state index is 13.1. The molecular weight excluding hydrogens is 464 g/mol. The molecule has 37 heavy (non-hydrogen) atoms. The van der Waals surface area contributed by atoms with Crippen molar-refractivity contribution in [3.8, 4) is 11.3 Å². The molecule has 9 nitrogen and oxygen atoms in total. The van der Waals surface area contributed by atoms with Crippen molar-refractivity contribution in [3.05, 3.63) is 66.7 Å². The summed E-state index contributed by atoms with van der Waals surface area (Å²) in [5.41, 5.74) is 2.38. The second kappa shape index (κ2) is 10.1. The molecule has 0 aliphatic carbocycles. The van der Waals surface area contributed by atoms with Gasteiger partial charge in [-0.05, 0) is 49.5 Å². The first-order valence-electron chi connectivity index (χ1n) is 12.8. The summed E-state index contributed by atoms with van der Waals surface area (Å²) >= 11 is 0. The van der Waals surface area contributed by atoms with Gasteiger partial charge in [-0.1, -0.05) is 12.1 Å². The summed E-state index contributed by atoms with van der Waals surface area (Å²) in [4.78, 5) is 38.1. The van der Waals surface area contributed by atoms with Gasteiger partial charge in [0, 0.05) is 68.2 Å². The minimum Gasteiger partial charge on any atom is -0.355 e. The van der Waals surface area contributed by atoms with Crippen LogP contribution in [0.15, 0.2) is 61.2 Å². The Labute approximate surface area is 216 Å². The molecule has 0 saturated carbocycles. The van der Waals surface area contributed by atoms with Crippen molar-refractivity contribution in [1.29, 1.82) is 0 Å². The molecule has 5 heterocycles. The van der Waals surface area contributed by atoms with Crippen LogP contribution in [0.2, 0.25) is 0 Å². The van der Waals surface area contributed by atoms with E-state index in [-0.39, 0.29) is 5.91 Å². The smallest absolute Gasteiger partial charge is 0.257 e. The van der Waals surface area contributed by atoms with E-state index in [9.17, 15) is 4.79 Å². The Bertz CT molecular complexity index is 1430. The highest BCUT2D eigenvalue weighted by molar-refractivity contribution is 6.05. The number of hydrogen-bond donors (Lipinski definition) is 1. The van der Waals surface area contributed by atoms with E-state index in [1.165, 1.54) is 12.8 Å². The molecule has 0 bridgehead atoms. The van der Waals surface area contributed by atoms with E-state index < -0.39 is 0 Å². The number of likely N-dealkylation sites (N-methyl/N-ethyl adjacent to an activating group) is 1. The third-order valence-electron chi connectivity index (χ3n) is 7.15. The lowest BCUT2D eigenvalue weighted by molar-refractivity contribution is 0.102. The van der Waals surface area contributed by atoms with E-state index >= 15 is 0 Å². The van der Waals surface area contributed by atoms with Crippen molar-refractivity contribution < 1.29 is 4.79 Å². The number of carbonyl (C=O) groups is 1. The van der Waals surface area contributed by atoms with Crippen LogP contribution >= 0.6 is 0 Å². The van der Waals surface area contributed by atoms with Crippen molar-refractivity contribution >= 4 is 34.1 Å². The fourth-order valence-corrected chi connectivity index (χ4v) is 4.92. The first-order chi connectivity index (χ1) is 18.1. The molecule has 188 valence electrons. The number of piperazine rings is 1. The molecule has 2 aliphatic rings. The molecule has 1 aromatic carbocycles. The SMILES string of the molecule is CN1CCN(c2cc(C(=O)Nc3cc4cc(-c5cncc(N6CCCC6)n5)ccc4cn3)ccn2)CC1. The molecule has 0 radical (unpaired) electrons. The Morgan fingerprint density at radius 3 is 2.46 bits per heavy atom. The molecule has 6 rings (SSSR count). The van der Waals surface area contributed by atoms with Gasteiger partial charge in [0.05, 0.1) is 18.1 Å². The van der Waals surface area contributed by atoms with Crippen LogP contribution in [-0.4, -0.2) is 77.1 Å². The zero-order valence-electron chi connectivity index (χ0n) is 21.0. The fraction of sp³-hybridized carbons (Fsp3) is 0.321. The molecule has 9 heteroatoms. The molecule has 2 aliphatic heterocycles. The van der Waals surface area contributed by atoms with E-state index in [2.05, 4.69) is 48.1 Å². The van der Waals surface area contributed by atoms with Gasteiger partial charge in [-0.25, -0.2) is 15.0 Å². The van der Waals surface area contributed by atoms with Gasteiger partial charge in [0.15, 0.2) is 0 Å². The Hall–Kier alpha value is -4.11. The lowest BCUT2D eigenvalue weighted by Crippen LogP contribution is -2.44. The summed E-state index contributed by atoms with van der Waals surface area (Å²) in [7, 11) is 2.12. The molecule has 4 aromatic rings. The van der Waals surface area contributed by atoms with Gasteiger partial charge in [-0.3, -0.25) is 9.78 Å². The number of benzene rings is 1. The summed E-state index contributed by atoms with van der Waals surface area (Å²) in [6.45, 7) is 5.81. The van der Waals surface area contributed by atoms with Gasteiger partial charge < -0.3 is 20.0 Å². The highest BCUT2D eigenvalue weighted by atomic mass is 16.1. The van der Waals surface area contributed by atoms with Gasteiger partial charge >= 0.3 is 0 Å². The minimum atomic E-state index is -0.204. The summed E-state index contributed by atoms with van der Waals surface area (Å²) in [5, 5.41) is 4.92. The Kier molecular flexibility index (Phi) is 6.36. The standard InChI is InChI=1S/C28H30N8O/c1-34-10-12-36(13-11-34)26-16-21(6-7-30-26)28(37)33-25-15-23-14-20(4-5-22(23)17-31-25)24-18-29-19-27(32-24)35-8-2-3-9-35/h4-7,14-19H,2-3,8-13H2,1H3,(H,31,33,37). The van der Waals surface area contributed by atoms with E-state index in [1.54, 1.807) is 24.7 Å². The van der Waals surface area contributed by atoms with Crippen molar-refractivity contribution in [2.24, 2.45) is 0 Å². The molecule has 3 aromatic heterocycles. The number of carbonyl (C=O) groups excluding carboxylic acids is 1. The molecule has 0 unspecified atom stereocenters. The largest absolute Gasteiger partial charge is 0.355 e. The van der Waals surface area contributed by atoms with Crippen molar-refractivity contribution in [1.82, 2.24) is 24.8 Å². The summed E-state index contributed by atoms with van der Waals surface area (Å²) in [6, 6.07) is 11.6. The number of anilines is 3. The van der Waals surface area contributed by atoms with Crippen LogP contribution in [-0.2, 0) is 0 Å². The third kappa shape index (κ3) is 5.08. The Morgan fingerprint density at radius 2 is 1.62 bits per heavy atom. The van der Waals surface area contributed by atoms with Crippen LogP contribution in [0, 0.1) is 0 Å². The van der Waals surface area contributed by atoms with Crippen LogP contribution in [0.4, 0.5) is 17.5 Å². The number of pyridine rings is 2. The topological polar surface area (TPSA) is 90.4 Å². The van der Waals surface area contributed by atoms with E-state index in [4.69, 9.17) is 4.98 Å². The number of aromatic nitrogens is 4. The van der Waals surface area contributed by atoms with E-state index in [0.29, 0.717) is 11.4 Å². The van der Waals surface area contributed by atoms with Crippen molar-refractivity contribution in [2.45, 2.75) is 12.8 Å². The van der Waals surface area contributed by atoms with Crippen LogP contribution < -0.4 is 15.1 Å². The van der Waals surface area contributed by atoms with Crippen molar-refractivity contribution in [2.75, 3.05) is 61.4 Å². The highest BCUT2D eigenvalue weighted by Crippen LogP contribution is 2.26. The molecule has 0 atom stereocenters. The third-order valence-corrected chi connectivity index (χ3v) is 7.15. The van der Waals surface area contributed by atoms with Gasteiger partial charge in [0.1, 0.15) is 17.5 Å². The summed E-state index contributed by atoms with van der Waals surface area (Å²) in [6.07, 6.45) is 9.50. The first-order valence-corrected chi connectivity index (χ1v) is 12.8. The maximum Gasteiger partial charge on any atom is 0.257 e. The average Bonchev–Trinajstić information content (AvgIpc) is 3.49. The predicted octanol–water partition coefficient (Wildman–Crippen LogP) is 3.69. The van der Waals surface area contributed by atoms with Gasteiger partial charge in [0.25, 0.3) is 5.91 Å². The number of hydrogen-bond acceptors (Lipinski definition) is 8.